The molecule has 0 saturated heterocycles. The van der Waals surface area contributed by atoms with E-state index in [9.17, 15) is 0 Å². The Morgan fingerprint density at radius 3 is 2.79 bits per heavy atom. The van der Waals surface area contributed by atoms with E-state index in [1.807, 2.05) is 41.3 Å². The molecule has 4 aromatic rings. The Labute approximate surface area is 162 Å². The molecule has 1 aliphatic carbocycles. The van der Waals surface area contributed by atoms with Crippen LogP contribution in [0.2, 0.25) is 0 Å². The molecule has 1 saturated carbocycles. The Morgan fingerprint density at radius 2 is 1.93 bits per heavy atom. The summed E-state index contributed by atoms with van der Waals surface area (Å²) in [5.74, 6) is 0.660. The van der Waals surface area contributed by atoms with Crippen LogP contribution in [-0.2, 0) is 4.74 Å². The summed E-state index contributed by atoms with van der Waals surface area (Å²) in [5, 5.41) is 12.7. The fraction of sp³-hybridized carbons (Fsp3) is 0.400. The molecule has 28 heavy (non-hydrogen) atoms. The summed E-state index contributed by atoms with van der Waals surface area (Å²) in [7, 11) is 0. The number of hydrogen-bond donors (Lipinski definition) is 1. The molecule has 0 unspecified atom stereocenters. The van der Waals surface area contributed by atoms with Crippen molar-refractivity contribution in [2.24, 2.45) is 0 Å². The zero-order chi connectivity index (χ0) is 18.9. The van der Waals surface area contributed by atoms with E-state index in [2.05, 4.69) is 32.4 Å². The topological polar surface area (TPSA) is 81.6 Å². The second kappa shape index (κ2) is 7.20. The van der Waals surface area contributed by atoms with Crippen molar-refractivity contribution in [2.75, 3.05) is 11.9 Å². The summed E-state index contributed by atoms with van der Waals surface area (Å²) in [6, 6.07) is 6.35. The number of aromatic nitrogens is 6. The molecule has 1 fully saturated rings. The first-order valence-corrected chi connectivity index (χ1v) is 9.83. The van der Waals surface area contributed by atoms with Gasteiger partial charge in [0.1, 0.15) is 0 Å². The number of nitrogens with zero attached hydrogens (tertiary/aromatic N) is 6. The fourth-order valence-electron chi connectivity index (χ4n) is 3.93. The highest BCUT2D eigenvalue weighted by Gasteiger charge is 2.22. The molecule has 0 bridgehead atoms. The summed E-state index contributed by atoms with van der Waals surface area (Å²) in [4.78, 5) is 8.79. The Morgan fingerprint density at radius 1 is 1.04 bits per heavy atom. The third kappa shape index (κ3) is 3.20. The van der Waals surface area contributed by atoms with Crippen molar-refractivity contribution in [3.05, 3.63) is 43.0 Å². The minimum atomic E-state index is 0.398. The van der Waals surface area contributed by atoms with Gasteiger partial charge in [-0.1, -0.05) is 0 Å². The standard InChI is InChI=1S/C20H23N7O/c1-2-28-15-5-3-14(4-6-15)23-20-22-13-18-16(9-11-26(18)25-20)17-7-8-19-21-10-12-27(19)24-17/h7-15H,2-6H2,1H3,(H,23,25)/t14-,15-. The van der Waals surface area contributed by atoms with E-state index in [4.69, 9.17) is 4.74 Å². The van der Waals surface area contributed by atoms with E-state index in [1.165, 1.54) is 0 Å². The predicted octanol–water partition coefficient (Wildman–Crippen LogP) is 3.20. The zero-order valence-electron chi connectivity index (χ0n) is 15.8. The van der Waals surface area contributed by atoms with Crippen molar-refractivity contribution in [3.8, 4) is 11.3 Å². The first kappa shape index (κ1) is 17.1. The van der Waals surface area contributed by atoms with Crippen molar-refractivity contribution in [2.45, 2.75) is 44.8 Å². The lowest BCUT2D eigenvalue weighted by molar-refractivity contribution is 0.0346. The fourth-order valence-corrected chi connectivity index (χ4v) is 3.93. The second-order valence-corrected chi connectivity index (χ2v) is 7.16. The summed E-state index contributed by atoms with van der Waals surface area (Å²) in [5.41, 5.74) is 3.62. The van der Waals surface area contributed by atoms with Crippen LogP contribution in [0, 0.1) is 0 Å². The minimum absolute atomic E-state index is 0.398. The first-order chi connectivity index (χ1) is 13.8. The molecule has 0 aliphatic heterocycles. The molecule has 4 aromatic heterocycles. The van der Waals surface area contributed by atoms with E-state index >= 15 is 0 Å². The third-order valence-electron chi connectivity index (χ3n) is 5.36. The van der Waals surface area contributed by atoms with Crippen LogP contribution in [0.4, 0.5) is 5.95 Å². The van der Waals surface area contributed by atoms with Gasteiger partial charge in [0.25, 0.3) is 0 Å². The highest BCUT2D eigenvalue weighted by Crippen LogP contribution is 2.25. The van der Waals surface area contributed by atoms with Crippen LogP contribution in [-0.4, -0.2) is 47.9 Å². The number of rotatable bonds is 5. The van der Waals surface area contributed by atoms with Gasteiger partial charge in [0.15, 0.2) is 5.65 Å². The summed E-state index contributed by atoms with van der Waals surface area (Å²) in [6.07, 6.45) is 12.1. The Hall–Kier alpha value is -3.00. The Bertz CT molecular complexity index is 1090. The van der Waals surface area contributed by atoms with Gasteiger partial charge in [-0.15, -0.1) is 5.10 Å². The Balaban J connectivity index is 1.35. The number of hydrogen-bond acceptors (Lipinski definition) is 6. The van der Waals surface area contributed by atoms with Gasteiger partial charge in [-0.3, -0.25) is 0 Å². The molecule has 0 amide bonds. The molecule has 0 spiro atoms. The zero-order valence-corrected chi connectivity index (χ0v) is 15.8. The largest absolute Gasteiger partial charge is 0.379 e. The van der Waals surface area contributed by atoms with Gasteiger partial charge in [-0.05, 0) is 50.8 Å². The molecule has 1 aliphatic rings. The average Bonchev–Trinajstić information content (AvgIpc) is 3.35. The van der Waals surface area contributed by atoms with Gasteiger partial charge in [-0.25, -0.2) is 19.0 Å². The molecule has 8 heteroatoms. The Kier molecular flexibility index (Phi) is 4.40. The maximum absolute atomic E-state index is 5.73. The molecule has 0 radical (unpaired) electrons. The number of anilines is 1. The highest BCUT2D eigenvalue weighted by molar-refractivity contribution is 5.78. The summed E-state index contributed by atoms with van der Waals surface area (Å²) >= 11 is 0. The molecular weight excluding hydrogens is 354 g/mol. The van der Waals surface area contributed by atoms with Crippen LogP contribution in [0.3, 0.4) is 0 Å². The third-order valence-corrected chi connectivity index (χ3v) is 5.36. The molecule has 8 nitrogen and oxygen atoms in total. The smallest absolute Gasteiger partial charge is 0.241 e. The molecule has 0 aromatic carbocycles. The van der Waals surface area contributed by atoms with E-state index in [0.29, 0.717) is 18.1 Å². The van der Waals surface area contributed by atoms with E-state index in [1.54, 1.807) is 10.7 Å². The summed E-state index contributed by atoms with van der Waals surface area (Å²) in [6.45, 7) is 2.85. The van der Waals surface area contributed by atoms with E-state index in [-0.39, 0.29) is 0 Å². The van der Waals surface area contributed by atoms with Crippen LogP contribution in [0.25, 0.3) is 22.4 Å². The molecule has 4 heterocycles. The maximum atomic E-state index is 5.73. The first-order valence-electron chi connectivity index (χ1n) is 9.83. The maximum Gasteiger partial charge on any atom is 0.241 e. The normalized spacial score (nSPS) is 20.0. The average molecular weight is 377 g/mol. The number of ether oxygens (including phenoxy) is 1. The van der Waals surface area contributed by atoms with Crippen LogP contribution in [0.5, 0.6) is 0 Å². The number of imidazole rings is 1. The van der Waals surface area contributed by atoms with Gasteiger partial charge < -0.3 is 10.1 Å². The lowest BCUT2D eigenvalue weighted by Crippen LogP contribution is -2.30. The van der Waals surface area contributed by atoms with Gasteiger partial charge in [0.05, 0.1) is 23.5 Å². The van der Waals surface area contributed by atoms with Crippen LogP contribution >= 0.6 is 0 Å². The molecule has 0 atom stereocenters. The van der Waals surface area contributed by atoms with Crippen molar-refractivity contribution in [1.82, 2.24) is 29.2 Å². The highest BCUT2D eigenvalue weighted by atomic mass is 16.5. The van der Waals surface area contributed by atoms with E-state index in [0.717, 1.165) is 54.7 Å². The predicted molar refractivity (Wildman–Crippen MR) is 106 cm³/mol. The monoisotopic (exact) mass is 377 g/mol. The minimum Gasteiger partial charge on any atom is -0.379 e. The second-order valence-electron chi connectivity index (χ2n) is 7.16. The lowest BCUT2D eigenvalue weighted by Gasteiger charge is -2.28. The van der Waals surface area contributed by atoms with Gasteiger partial charge >= 0.3 is 0 Å². The van der Waals surface area contributed by atoms with Crippen LogP contribution < -0.4 is 5.32 Å². The van der Waals surface area contributed by atoms with Crippen LogP contribution in [0.15, 0.2) is 43.0 Å². The molecule has 144 valence electrons. The molecular formula is C20H23N7O. The van der Waals surface area contributed by atoms with Gasteiger partial charge in [0.2, 0.25) is 5.95 Å². The van der Waals surface area contributed by atoms with Crippen molar-refractivity contribution in [1.29, 1.82) is 0 Å². The number of fused-ring (bicyclic) bond motifs is 2. The lowest BCUT2D eigenvalue weighted by atomic mass is 9.93. The molecule has 1 N–H and O–H groups in total. The summed E-state index contributed by atoms with van der Waals surface area (Å²) < 4.78 is 9.36. The van der Waals surface area contributed by atoms with Crippen molar-refractivity contribution in [3.63, 3.8) is 0 Å². The quantitative estimate of drug-likeness (QED) is 0.575. The number of nitrogens with one attached hydrogen (secondary N) is 1. The molecule has 5 rings (SSSR count). The SMILES string of the molecule is CCO[C@H]1CC[C@H](Nc2ncc3c(-c4ccc5nccn5n4)ccn3n2)CC1. The van der Waals surface area contributed by atoms with Crippen molar-refractivity contribution >= 4 is 17.1 Å². The van der Waals surface area contributed by atoms with Gasteiger partial charge in [0, 0.05) is 36.8 Å². The van der Waals surface area contributed by atoms with Crippen molar-refractivity contribution < 1.29 is 4.74 Å². The van der Waals surface area contributed by atoms with E-state index < -0.39 is 0 Å². The van der Waals surface area contributed by atoms with Gasteiger partial charge in [-0.2, -0.15) is 5.10 Å². The van der Waals surface area contributed by atoms with Crippen LogP contribution in [0.1, 0.15) is 32.6 Å².